The Labute approximate surface area is 132 Å². The zero-order chi connectivity index (χ0) is 15.4. The molecule has 21 heavy (non-hydrogen) atoms. The molecular formula is C17H24ClNO2. The van der Waals surface area contributed by atoms with Crippen molar-refractivity contribution in [2.24, 2.45) is 5.92 Å². The van der Waals surface area contributed by atoms with Crippen LogP contribution in [0.3, 0.4) is 0 Å². The van der Waals surface area contributed by atoms with Gasteiger partial charge < -0.3 is 10.1 Å². The van der Waals surface area contributed by atoms with Gasteiger partial charge in [0.1, 0.15) is 5.75 Å². The Bertz CT molecular complexity index is 508. The quantitative estimate of drug-likeness (QED) is 0.834. The molecule has 0 amide bonds. The number of rotatable bonds is 5. The van der Waals surface area contributed by atoms with Crippen molar-refractivity contribution in [1.82, 2.24) is 5.32 Å². The number of carbonyl (C=O) groups excluding carboxylic acids is 1. The first-order chi connectivity index (χ1) is 10.0. The molecule has 0 radical (unpaired) electrons. The summed E-state index contributed by atoms with van der Waals surface area (Å²) in [5.74, 6) is 1.23. The van der Waals surface area contributed by atoms with Crippen molar-refractivity contribution in [2.75, 3.05) is 19.7 Å². The average molecular weight is 310 g/mol. The predicted molar refractivity (Wildman–Crippen MR) is 86.6 cm³/mol. The number of Topliss-reactive ketones (excluding diaryl/α,β-unsaturated/α-hetero) is 1. The van der Waals surface area contributed by atoms with Crippen LogP contribution in [0.25, 0.3) is 0 Å². The Balaban J connectivity index is 2.42. The topological polar surface area (TPSA) is 38.3 Å². The number of nitrogens with one attached hydrogen (secondary N) is 1. The number of ketones is 1. The number of hydrogen-bond donors (Lipinski definition) is 1. The molecule has 0 bridgehead atoms. The number of carbonyl (C=O) groups is 1. The van der Waals surface area contributed by atoms with Crippen molar-refractivity contribution in [1.29, 1.82) is 0 Å². The summed E-state index contributed by atoms with van der Waals surface area (Å²) in [5.41, 5.74) is 1.67. The van der Waals surface area contributed by atoms with Crippen LogP contribution in [0.4, 0.5) is 0 Å². The molecule has 1 aromatic carbocycles. The summed E-state index contributed by atoms with van der Waals surface area (Å²) in [6.07, 6.45) is 1.77. The van der Waals surface area contributed by atoms with E-state index >= 15 is 0 Å². The first kappa shape index (κ1) is 16.3. The van der Waals surface area contributed by atoms with Crippen molar-refractivity contribution in [3.63, 3.8) is 0 Å². The highest BCUT2D eigenvalue weighted by atomic mass is 35.5. The minimum Gasteiger partial charge on any atom is -0.493 e. The van der Waals surface area contributed by atoms with Gasteiger partial charge in [-0.25, -0.2) is 0 Å². The number of ether oxygens (including phenoxy) is 1. The van der Waals surface area contributed by atoms with Gasteiger partial charge in [0.15, 0.2) is 5.78 Å². The Morgan fingerprint density at radius 2 is 2.05 bits per heavy atom. The third-order valence-electron chi connectivity index (χ3n) is 3.97. The fourth-order valence-electron chi connectivity index (χ4n) is 2.84. The van der Waals surface area contributed by atoms with Gasteiger partial charge in [0.05, 0.1) is 12.2 Å². The summed E-state index contributed by atoms with van der Waals surface area (Å²) in [7, 11) is 0. The Morgan fingerprint density at radius 1 is 1.38 bits per heavy atom. The van der Waals surface area contributed by atoms with E-state index in [9.17, 15) is 4.79 Å². The Kier molecular flexibility index (Phi) is 5.65. The van der Waals surface area contributed by atoms with E-state index in [4.69, 9.17) is 16.3 Å². The molecule has 0 aliphatic carbocycles. The standard InChI is InChI=1S/C17H24ClNO2/c1-4-21-17-14(11(2)3)9-13(18)10-15(17)16(20)12-5-7-19-8-6-12/h9-12,19H,4-8H2,1-3H3. The number of halogens is 1. The number of benzene rings is 1. The van der Waals surface area contributed by atoms with E-state index in [2.05, 4.69) is 19.2 Å². The van der Waals surface area contributed by atoms with Crippen molar-refractivity contribution >= 4 is 17.4 Å². The molecule has 0 aromatic heterocycles. The van der Waals surface area contributed by atoms with Crippen LogP contribution in [0.15, 0.2) is 12.1 Å². The predicted octanol–water partition coefficient (Wildman–Crippen LogP) is 4.04. The normalized spacial score (nSPS) is 16.2. The molecule has 0 spiro atoms. The SMILES string of the molecule is CCOc1c(C(=O)C2CCNCC2)cc(Cl)cc1C(C)C. The van der Waals surface area contributed by atoms with E-state index in [0.29, 0.717) is 17.2 Å². The highest BCUT2D eigenvalue weighted by Gasteiger charge is 2.27. The van der Waals surface area contributed by atoms with Crippen molar-refractivity contribution in [3.05, 3.63) is 28.3 Å². The maximum Gasteiger partial charge on any atom is 0.169 e. The lowest BCUT2D eigenvalue weighted by Crippen LogP contribution is -2.32. The molecule has 1 aliphatic heterocycles. The third-order valence-corrected chi connectivity index (χ3v) is 4.19. The molecule has 1 N–H and O–H groups in total. The first-order valence-electron chi connectivity index (χ1n) is 7.75. The molecule has 1 heterocycles. The van der Waals surface area contributed by atoms with Gasteiger partial charge in [-0.05, 0) is 56.5 Å². The molecule has 1 fully saturated rings. The van der Waals surface area contributed by atoms with Gasteiger partial charge in [-0.3, -0.25) is 4.79 Å². The molecule has 4 heteroatoms. The molecule has 1 saturated heterocycles. The maximum atomic E-state index is 12.9. The van der Waals surface area contributed by atoms with Crippen molar-refractivity contribution < 1.29 is 9.53 Å². The van der Waals surface area contributed by atoms with Gasteiger partial charge in [-0.2, -0.15) is 0 Å². The van der Waals surface area contributed by atoms with E-state index in [1.165, 1.54) is 0 Å². The second-order valence-corrected chi connectivity index (χ2v) is 6.28. The van der Waals surface area contributed by atoms with Gasteiger partial charge in [0, 0.05) is 10.9 Å². The highest BCUT2D eigenvalue weighted by molar-refractivity contribution is 6.31. The van der Waals surface area contributed by atoms with Crippen LogP contribution in [0.2, 0.25) is 5.02 Å². The lowest BCUT2D eigenvalue weighted by atomic mass is 9.87. The lowest BCUT2D eigenvalue weighted by Gasteiger charge is -2.24. The van der Waals surface area contributed by atoms with Gasteiger partial charge in [-0.15, -0.1) is 0 Å². The lowest BCUT2D eigenvalue weighted by molar-refractivity contribution is 0.0891. The molecular weight excluding hydrogens is 286 g/mol. The molecule has 0 atom stereocenters. The fraction of sp³-hybridized carbons (Fsp3) is 0.588. The van der Waals surface area contributed by atoms with Crippen LogP contribution in [0.1, 0.15) is 55.5 Å². The third kappa shape index (κ3) is 3.78. The largest absolute Gasteiger partial charge is 0.493 e. The fourth-order valence-corrected chi connectivity index (χ4v) is 3.06. The van der Waals surface area contributed by atoms with Crippen LogP contribution in [-0.2, 0) is 0 Å². The summed E-state index contributed by atoms with van der Waals surface area (Å²) < 4.78 is 5.80. The average Bonchev–Trinajstić information content (AvgIpc) is 2.48. The van der Waals surface area contributed by atoms with Crippen molar-refractivity contribution in [2.45, 2.75) is 39.5 Å². The van der Waals surface area contributed by atoms with Crippen LogP contribution in [-0.4, -0.2) is 25.5 Å². The van der Waals surface area contributed by atoms with Gasteiger partial charge in [-0.1, -0.05) is 25.4 Å². The van der Waals surface area contributed by atoms with Gasteiger partial charge >= 0.3 is 0 Å². The summed E-state index contributed by atoms with van der Waals surface area (Å²) >= 11 is 6.23. The molecule has 3 nitrogen and oxygen atoms in total. The molecule has 2 rings (SSSR count). The van der Waals surface area contributed by atoms with Crippen LogP contribution in [0, 0.1) is 5.92 Å². The van der Waals surface area contributed by atoms with E-state index in [1.807, 2.05) is 13.0 Å². The Hall–Kier alpha value is -1.06. The van der Waals surface area contributed by atoms with E-state index in [1.54, 1.807) is 6.07 Å². The summed E-state index contributed by atoms with van der Waals surface area (Å²) in [6, 6.07) is 3.68. The van der Waals surface area contributed by atoms with Crippen LogP contribution >= 0.6 is 11.6 Å². The summed E-state index contributed by atoms with van der Waals surface area (Å²) in [4.78, 5) is 12.9. The van der Waals surface area contributed by atoms with E-state index in [-0.39, 0.29) is 17.6 Å². The second kappa shape index (κ2) is 7.28. The summed E-state index contributed by atoms with van der Waals surface area (Å²) in [6.45, 7) is 8.47. The highest BCUT2D eigenvalue weighted by Crippen LogP contribution is 2.35. The molecule has 0 saturated carbocycles. The maximum absolute atomic E-state index is 12.9. The number of piperidine rings is 1. The van der Waals surface area contributed by atoms with Crippen LogP contribution < -0.4 is 10.1 Å². The Morgan fingerprint density at radius 3 is 2.62 bits per heavy atom. The van der Waals surface area contributed by atoms with Gasteiger partial charge in [0.2, 0.25) is 0 Å². The molecule has 1 aliphatic rings. The van der Waals surface area contributed by atoms with Crippen LogP contribution in [0.5, 0.6) is 5.75 Å². The minimum atomic E-state index is 0.0731. The monoisotopic (exact) mass is 309 g/mol. The molecule has 0 unspecified atom stereocenters. The molecule has 1 aromatic rings. The minimum absolute atomic E-state index is 0.0731. The zero-order valence-corrected chi connectivity index (χ0v) is 13.8. The van der Waals surface area contributed by atoms with Gasteiger partial charge in [0.25, 0.3) is 0 Å². The molecule has 116 valence electrons. The van der Waals surface area contributed by atoms with E-state index < -0.39 is 0 Å². The zero-order valence-electron chi connectivity index (χ0n) is 13.0. The van der Waals surface area contributed by atoms with Crippen molar-refractivity contribution in [3.8, 4) is 5.75 Å². The first-order valence-corrected chi connectivity index (χ1v) is 8.13. The smallest absolute Gasteiger partial charge is 0.169 e. The second-order valence-electron chi connectivity index (χ2n) is 5.85. The number of hydrogen-bond acceptors (Lipinski definition) is 3. The van der Waals surface area contributed by atoms with E-state index in [0.717, 1.165) is 37.2 Å². The summed E-state index contributed by atoms with van der Waals surface area (Å²) in [5, 5.41) is 3.90.